The number of nitrogens with zero attached hydrogens (tertiary/aromatic N) is 4. The molecule has 0 spiro atoms. The minimum Gasteiger partial charge on any atom is -0.361 e. The highest BCUT2D eigenvalue weighted by molar-refractivity contribution is 14.0. The second-order valence-electron chi connectivity index (χ2n) is 8.84. The molecular formula is C25H39IN6O. The Bertz CT molecular complexity index is 928. The van der Waals surface area contributed by atoms with Crippen molar-refractivity contribution in [2.24, 2.45) is 4.99 Å². The molecule has 0 saturated carbocycles. The molecule has 2 aliphatic rings. The lowest BCUT2D eigenvalue weighted by Gasteiger charge is -2.36. The van der Waals surface area contributed by atoms with Gasteiger partial charge in [-0.25, -0.2) is 0 Å². The van der Waals surface area contributed by atoms with E-state index in [-0.39, 0.29) is 24.0 Å². The molecule has 2 aliphatic heterocycles. The number of hydrogen-bond acceptors (Lipinski definition) is 3. The lowest BCUT2D eigenvalue weighted by molar-refractivity contribution is -0.131. The molecule has 8 heteroatoms. The van der Waals surface area contributed by atoms with Crippen LogP contribution in [0.1, 0.15) is 37.8 Å². The lowest BCUT2D eigenvalue weighted by Crippen LogP contribution is -2.54. The normalized spacial score (nSPS) is 17.5. The van der Waals surface area contributed by atoms with Gasteiger partial charge in [0.15, 0.2) is 5.96 Å². The number of halogens is 1. The van der Waals surface area contributed by atoms with Gasteiger partial charge >= 0.3 is 0 Å². The van der Waals surface area contributed by atoms with Crippen molar-refractivity contribution in [1.82, 2.24) is 25.0 Å². The van der Waals surface area contributed by atoms with Crippen LogP contribution < -0.4 is 5.32 Å². The summed E-state index contributed by atoms with van der Waals surface area (Å²) in [6.07, 6.45) is 6.41. The predicted octanol–water partition coefficient (Wildman–Crippen LogP) is 3.10. The van der Waals surface area contributed by atoms with Crippen LogP contribution in [0.5, 0.6) is 0 Å². The van der Waals surface area contributed by atoms with Crippen LogP contribution in [0.4, 0.5) is 0 Å². The van der Waals surface area contributed by atoms with Crippen molar-refractivity contribution >= 4 is 46.7 Å². The van der Waals surface area contributed by atoms with E-state index in [9.17, 15) is 4.79 Å². The Labute approximate surface area is 215 Å². The van der Waals surface area contributed by atoms with Crippen molar-refractivity contribution < 1.29 is 4.79 Å². The highest BCUT2D eigenvalue weighted by atomic mass is 127. The number of aromatic nitrogens is 1. The molecule has 0 bridgehead atoms. The molecule has 2 N–H and O–H groups in total. The fraction of sp³-hybridized carbons (Fsp3) is 0.600. The molecule has 0 atom stereocenters. The number of rotatable bonds is 7. The van der Waals surface area contributed by atoms with Crippen LogP contribution in [0, 0.1) is 0 Å². The number of carbonyl (C=O) groups is 1. The topological polar surface area (TPSA) is 67.0 Å². The minimum absolute atomic E-state index is 0. The van der Waals surface area contributed by atoms with E-state index in [1.54, 1.807) is 0 Å². The van der Waals surface area contributed by atoms with Crippen LogP contribution in [-0.2, 0) is 17.6 Å². The van der Waals surface area contributed by atoms with Crippen molar-refractivity contribution in [3.05, 3.63) is 35.5 Å². The monoisotopic (exact) mass is 566 g/mol. The number of piperazine rings is 1. The zero-order chi connectivity index (χ0) is 22.3. The third kappa shape index (κ3) is 6.41. The molecule has 1 aromatic carbocycles. The summed E-state index contributed by atoms with van der Waals surface area (Å²) in [5.41, 5.74) is 3.97. The van der Waals surface area contributed by atoms with Crippen molar-refractivity contribution in [3.8, 4) is 0 Å². The van der Waals surface area contributed by atoms with Gasteiger partial charge in [0.25, 0.3) is 0 Å². The van der Waals surface area contributed by atoms with E-state index < -0.39 is 0 Å². The highest BCUT2D eigenvalue weighted by Crippen LogP contribution is 2.22. The van der Waals surface area contributed by atoms with Gasteiger partial charge in [0, 0.05) is 69.5 Å². The molecule has 2 saturated heterocycles. The van der Waals surface area contributed by atoms with E-state index in [4.69, 9.17) is 4.99 Å². The van der Waals surface area contributed by atoms with E-state index in [0.29, 0.717) is 12.5 Å². The molecule has 7 nitrogen and oxygen atoms in total. The molecule has 0 radical (unpaired) electrons. The Hall–Kier alpha value is -1.81. The van der Waals surface area contributed by atoms with Gasteiger partial charge < -0.3 is 20.1 Å². The third-order valence-corrected chi connectivity index (χ3v) is 6.74. The summed E-state index contributed by atoms with van der Waals surface area (Å²) >= 11 is 0. The first-order chi connectivity index (χ1) is 15.7. The molecule has 0 aliphatic carbocycles. The van der Waals surface area contributed by atoms with Gasteiger partial charge in [-0.1, -0.05) is 25.1 Å². The second-order valence-corrected chi connectivity index (χ2v) is 8.84. The van der Waals surface area contributed by atoms with E-state index in [1.165, 1.54) is 22.0 Å². The van der Waals surface area contributed by atoms with Gasteiger partial charge in [-0.2, -0.15) is 0 Å². The van der Waals surface area contributed by atoms with Crippen molar-refractivity contribution in [1.29, 1.82) is 0 Å². The molecule has 3 heterocycles. The predicted molar refractivity (Wildman–Crippen MR) is 147 cm³/mol. The molecule has 2 aromatic rings. The number of aryl methyl sites for hydroxylation is 1. The maximum absolute atomic E-state index is 12.5. The number of H-pyrrole nitrogens is 1. The number of fused-ring (bicyclic) bond motifs is 1. The highest BCUT2D eigenvalue weighted by Gasteiger charge is 2.24. The molecule has 4 rings (SSSR count). The summed E-state index contributed by atoms with van der Waals surface area (Å²) in [6, 6.07) is 6.56. The van der Waals surface area contributed by atoms with Crippen LogP contribution in [0.2, 0.25) is 0 Å². The fourth-order valence-corrected chi connectivity index (χ4v) is 4.86. The van der Waals surface area contributed by atoms with Gasteiger partial charge in [-0.05, 0) is 43.7 Å². The number of para-hydroxylation sites is 1. The first-order valence-electron chi connectivity index (χ1n) is 12.3. The number of aromatic amines is 1. The van der Waals surface area contributed by atoms with Gasteiger partial charge in [0.2, 0.25) is 5.91 Å². The number of hydrogen-bond donors (Lipinski definition) is 2. The minimum atomic E-state index is 0. The van der Waals surface area contributed by atoms with Gasteiger partial charge in [-0.3, -0.25) is 14.7 Å². The quantitative estimate of drug-likeness (QED) is 0.307. The van der Waals surface area contributed by atoms with Crippen molar-refractivity contribution in [2.75, 3.05) is 58.9 Å². The van der Waals surface area contributed by atoms with Gasteiger partial charge in [0.1, 0.15) is 0 Å². The standard InChI is InChI=1S/C25H38N6O.HI/c1-3-20-8-7-9-22-21(18-28-24(20)22)10-11-27-25(26-4-2)31-16-14-29(15-17-31)19-23(32)30-12-5-6-13-30;/h7-9,18,28H,3-6,10-17,19H2,1-2H3,(H,26,27);1H. The van der Waals surface area contributed by atoms with Gasteiger partial charge in [-0.15, -0.1) is 24.0 Å². The van der Waals surface area contributed by atoms with Crippen molar-refractivity contribution in [2.45, 2.75) is 39.5 Å². The SMILES string of the molecule is CCNC(=NCCc1c[nH]c2c(CC)cccc12)N1CCN(CC(=O)N2CCCC2)CC1.I. The fourth-order valence-electron chi connectivity index (χ4n) is 4.86. The Kier molecular flexibility index (Phi) is 9.85. The number of nitrogens with one attached hydrogen (secondary N) is 2. The maximum Gasteiger partial charge on any atom is 0.236 e. The van der Waals surface area contributed by atoms with E-state index >= 15 is 0 Å². The largest absolute Gasteiger partial charge is 0.361 e. The second kappa shape index (κ2) is 12.6. The van der Waals surface area contributed by atoms with Crippen LogP contribution in [0.25, 0.3) is 10.9 Å². The number of carbonyl (C=O) groups excluding carboxylic acids is 1. The summed E-state index contributed by atoms with van der Waals surface area (Å²) in [5.74, 6) is 1.29. The molecule has 0 unspecified atom stereocenters. The van der Waals surface area contributed by atoms with E-state index in [0.717, 1.165) is 84.0 Å². The molecule has 1 aromatic heterocycles. The smallest absolute Gasteiger partial charge is 0.236 e. The van der Waals surface area contributed by atoms with Crippen LogP contribution in [0.15, 0.2) is 29.4 Å². The average Bonchev–Trinajstić information content (AvgIpc) is 3.50. The Balaban J connectivity index is 0.00000306. The summed E-state index contributed by atoms with van der Waals surface area (Å²) in [6.45, 7) is 12.0. The van der Waals surface area contributed by atoms with Crippen LogP contribution in [0.3, 0.4) is 0 Å². The summed E-state index contributed by atoms with van der Waals surface area (Å²) in [7, 11) is 0. The molecule has 182 valence electrons. The number of amides is 1. The van der Waals surface area contributed by atoms with Crippen LogP contribution >= 0.6 is 24.0 Å². The van der Waals surface area contributed by atoms with Crippen LogP contribution in [-0.4, -0.2) is 90.5 Å². The lowest BCUT2D eigenvalue weighted by atomic mass is 10.1. The summed E-state index contributed by atoms with van der Waals surface area (Å²) in [5, 5.41) is 4.78. The summed E-state index contributed by atoms with van der Waals surface area (Å²) in [4.78, 5) is 27.5. The maximum atomic E-state index is 12.5. The zero-order valence-corrected chi connectivity index (χ0v) is 22.4. The molecule has 1 amide bonds. The van der Waals surface area contributed by atoms with Gasteiger partial charge in [0.05, 0.1) is 6.54 Å². The molecule has 33 heavy (non-hydrogen) atoms. The zero-order valence-electron chi connectivity index (χ0n) is 20.1. The molecular weight excluding hydrogens is 527 g/mol. The molecule has 2 fully saturated rings. The van der Waals surface area contributed by atoms with Crippen molar-refractivity contribution in [3.63, 3.8) is 0 Å². The van der Waals surface area contributed by atoms with E-state index in [1.807, 2.05) is 4.90 Å². The number of benzene rings is 1. The Morgan fingerprint density at radius 3 is 2.48 bits per heavy atom. The number of guanidine groups is 1. The summed E-state index contributed by atoms with van der Waals surface area (Å²) < 4.78 is 0. The Morgan fingerprint density at radius 1 is 1.03 bits per heavy atom. The number of likely N-dealkylation sites (tertiary alicyclic amines) is 1. The third-order valence-electron chi connectivity index (χ3n) is 6.74. The first kappa shape index (κ1) is 25.8. The Morgan fingerprint density at radius 2 is 1.79 bits per heavy atom. The van der Waals surface area contributed by atoms with E-state index in [2.05, 4.69) is 58.3 Å². The number of aliphatic imine (C=N–C) groups is 1. The average molecular weight is 567 g/mol. The first-order valence-corrected chi connectivity index (χ1v) is 12.3.